The Kier molecular flexibility index (Phi) is 5.91. The Morgan fingerprint density at radius 2 is 1.66 bits per heavy atom. The standard InChI is InChI=1S/C23H24FN3O2/c24-19-8-6-18(7-9-19)16-25-23(28)22-11-10-21(29-22)17-26-12-14-27(15-13-26)20-4-2-1-3-5-20/h1-11H,12-17H2,(H,25,28). The van der Waals surface area contributed by atoms with Crippen LogP contribution < -0.4 is 10.2 Å². The van der Waals surface area contributed by atoms with E-state index in [0.29, 0.717) is 18.8 Å². The first kappa shape index (κ1) is 19.2. The van der Waals surface area contributed by atoms with E-state index in [-0.39, 0.29) is 11.7 Å². The largest absolute Gasteiger partial charge is 0.455 e. The Morgan fingerprint density at radius 1 is 0.931 bits per heavy atom. The number of amides is 1. The fraction of sp³-hybridized carbons (Fsp3) is 0.261. The zero-order chi connectivity index (χ0) is 20.1. The molecule has 3 aromatic rings. The number of benzene rings is 2. The Labute approximate surface area is 169 Å². The van der Waals surface area contributed by atoms with Crippen molar-refractivity contribution in [2.75, 3.05) is 31.1 Å². The van der Waals surface area contributed by atoms with E-state index >= 15 is 0 Å². The first-order valence-corrected chi connectivity index (χ1v) is 9.81. The average Bonchev–Trinajstić information content (AvgIpc) is 3.23. The zero-order valence-corrected chi connectivity index (χ0v) is 16.2. The second-order valence-corrected chi connectivity index (χ2v) is 7.17. The monoisotopic (exact) mass is 393 g/mol. The minimum absolute atomic E-state index is 0.269. The molecule has 4 rings (SSSR count). The number of carbonyl (C=O) groups is 1. The molecule has 1 aliphatic rings. The third-order valence-electron chi connectivity index (χ3n) is 5.12. The van der Waals surface area contributed by atoms with Crippen LogP contribution in [-0.2, 0) is 13.1 Å². The number of piperazine rings is 1. The van der Waals surface area contributed by atoms with Gasteiger partial charge >= 0.3 is 0 Å². The molecular weight excluding hydrogens is 369 g/mol. The second-order valence-electron chi connectivity index (χ2n) is 7.17. The van der Waals surface area contributed by atoms with Crippen LogP contribution in [0.15, 0.2) is 71.1 Å². The van der Waals surface area contributed by atoms with Gasteiger partial charge in [0.25, 0.3) is 5.91 Å². The van der Waals surface area contributed by atoms with E-state index in [1.54, 1.807) is 18.2 Å². The molecule has 1 fully saturated rings. The molecule has 150 valence electrons. The molecule has 5 nitrogen and oxygen atoms in total. The molecule has 0 saturated carbocycles. The lowest BCUT2D eigenvalue weighted by Gasteiger charge is -2.35. The number of anilines is 1. The van der Waals surface area contributed by atoms with E-state index in [1.807, 2.05) is 12.1 Å². The molecule has 0 bridgehead atoms. The summed E-state index contributed by atoms with van der Waals surface area (Å²) in [5.74, 6) is 0.518. The Morgan fingerprint density at radius 3 is 2.38 bits per heavy atom. The van der Waals surface area contributed by atoms with Crippen molar-refractivity contribution in [3.05, 3.63) is 89.6 Å². The highest BCUT2D eigenvalue weighted by Gasteiger charge is 2.19. The molecule has 1 aliphatic heterocycles. The SMILES string of the molecule is O=C(NCc1ccc(F)cc1)c1ccc(CN2CCN(c3ccccc3)CC2)o1. The summed E-state index contributed by atoms with van der Waals surface area (Å²) in [5, 5.41) is 2.80. The maximum absolute atomic E-state index is 12.9. The van der Waals surface area contributed by atoms with Crippen LogP contribution >= 0.6 is 0 Å². The minimum Gasteiger partial charge on any atom is -0.455 e. The molecule has 29 heavy (non-hydrogen) atoms. The Bertz CT molecular complexity index is 932. The molecule has 6 heteroatoms. The summed E-state index contributed by atoms with van der Waals surface area (Å²) in [6, 6.07) is 20.1. The van der Waals surface area contributed by atoms with Crippen LogP contribution in [0.5, 0.6) is 0 Å². The number of rotatable bonds is 6. The van der Waals surface area contributed by atoms with Gasteiger partial charge in [0, 0.05) is 38.4 Å². The molecule has 2 heterocycles. The lowest BCUT2D eigenvalue weighted by atomic mass is 10.2. The number of para-hydroxylation sites is 1. The zero-order valence-electron chi connectivity index (χ0n) is 16.2. The van der Waals surface area contributed by atoms with E-state index in [4.69, 9.17) is 4.42 Å². The molecule has 1 amide bonds. The third-order valence-corrected chi connectivity index (χ3v) is 5.12. The molecule has 0 radical (unpaired) electrons. The molecule has 0 atom stereocenters. The van der Waals surface area contributed by atoms with Gasteiger partial charge in [0.15, 0.2) is 5.76 Å². The van der Waals surface area contributed by atoms with Crippen LogP contribution in [0.1, 0.15) is 21.9 Å². The number of nitrogens with zero attached hydrogens (tertiary/aromatic N) is 2. The van der Waals surface area contributed by atoms with Crippen LogP contribution in [-0.4, -0.2) is 37.0 Å². The smallest absolute Gasteiger partial charge is 0.287 e. The van der Waals surface area contributed by atoms with Crippen molar-refractivity contribution in [3.63, 3.8) is 0 Å². The summed E-state index contributed by atoms with van der Waals surface area (Å²) in [6.45, 7) is 4.85. The average molecular weight is 393 g/mol. The van der Waals surface area contributed by atoms with Gasteiger partial charge in [0.1, 0.15) is 11.6 Å². The predicted octanol–water partition coefficient (Wildman–Crippen LogP) is 3.67. The van der Waals surface area contributed by atoms with Crippen LogP contribution in [0.25, 0.3) is 0 Å². The Hall–Kier alpha value is -3.12. The predicted molar refractivity (Wildman–Crippen MR) is 110 cm³/mol. The van der Waals surface area contributed by atoms with Crippen LogP contribution in [0.2, 0.25) is 0 Å². The quantitative estimate of drug-likeness (QED) is 0.694. The summed E-state index contributed by atoms with van der Waals surface area (Å²) < 4.78 is 18.7. The van der Waals surface area contributed by atoms with Gasteiger partial charge in [-0.15, -0.1) is 0 Å². The van der Waals surface area contributed by atoms with E-state index < -0.39 is 0 Å². The maximum Gasteiger partial charge on any atom is 0.287 e. The fourth-order valence-electron chi connectivity index (χ4n) is 3.48. The number of nitrogens with one attached hydrogen (secondary N) is 1. The number of hydrogen-bond acceptors (Lipinski definition) is 4. The second kappa shape index (κ2) is 8.92. The van der Waals surface area contributed by atoms with Gasteiger partial charge in [0.2, 0.25) is 0 Å². The summed E-state index contributed by atoms with van der Waals surface area (Å²) in [4.78, 5) is 17.0. The van der Waals surface area contributed by atoms with E-state index in [0.717, 1.165) is 37.5 Å². The first-order valence-electron chi connectivity index (χ1n) is 9.81. The molecule has 1 N–H and O–H groups in total. The number of furan rings is 1. The lowest BCUT2D eigenvalue weighted by Crippen LogP contribution is -2.45. The van der Waals surface area contributed by atoms with Crippen LogP contribution in [0, 0.1) is 5.82 Å². The summed E-state index contributed by atoms with van der Waals surface area (Å²) in [7, 11) is 0. The van der Waals surface area contributed by atoms with Gasteiger partial charge in [-0.1, -0.05) is 30.3 Å². The Balaban J connectivity index is 1.26. The number of carbonyl (C=O) groups excluding carboxylic acids is 1. The van der Waals surface area contributed by atoms with Crippen molar-refractivity contribution in [1.82, 2.24) is 10.2 Å². The maximum atomic E-state index is 12.9. The van der Waals surface area contributed by atoms with Crippen molar-refractivity contribution >= 4 is 11.6 Å². The van der Waals surface area contributed by atoms with E-state index in [9.17, 15) is 9.18 Å². The normalized spacial score (nSPS) is 14.7. The van der Waals surface area contributed by atoms with Gasteiger partial charge < -0.3 is 14.6 Å². The van der Waals surface area contributed by atoms with Crippen molar-refractivity contribution in [2.45, 2.75) is 13.1 Å². The van der Waals surface area contributed by atoms with E-state index in [1.165, 1.54) is 17.8 Å². The lowest BCUT2D eigenvalue weighted by molar-refractivity contribution is 0.0919. The van der Waals surface area contributed by atoms with Gasteiger partial charge in [0.05, 0.1) is 6.54 Å². The van der Waals surface area contributed by atoms with Gasteiger partial charge in [-0.3, -0.25) is 9.69 Å². The van der Waals surface area contributed by atoms with Crippen molar-refractivity contribution in [2.24, 2.45) is 0 Å². The summed E-state index contributed by atoms with van der Waals surface area (Å²) in [5.41, 5.74) is 2.09. The van der Waals surface area contributed by atoms with Gasteiger partial charge in [-0.25, -0.2) is 4.39 Å². The number of halogens is 1. The van der Waals surface area contributed by atoms with Gasteiger partial charge in [-0.05, 0) is 42.0 Å². The van der Waals surface area contributed by atoms with Crippen LogP contribution in [0.3, 0.4) is 0 Å². The molecule has 0 spiro atoms. The summed E-state index contributed by atoms with van der Waals surface area (Å²) >= 11 is 0. The van der Waals surface area contributed by atoms with Crippen LogP contribution in [0.4, 0.5) is 10.1 Å². The molecule has 1 saturated heterocycles. The van der Waals surface area contributed by atoms with Crippen molar-refractivity contribution in [1.29, 1.82) is 0 Å². The molecule has 1 aromatic heterocycles. The topological polar surface area (TPSA) is 48.7 Å². The highest BCUT2D eigenvalue weighted by molar-refractivity contribution is 5.91. The molecule has 0 unspecified atom stereocenters. The molecule has 0 aliphatic carbocycles. The molecular formula is C23H24FN3O2. The van der Waals surface area contributed by atoms with Gasteiger partial charge in [-0.2, -0.15) is 0 Å². The molecule has 2 aromatic carbocycles. The summed E-state index contributed by atoms with van der Waals surface area (Å²) in [6.07, 6.45) is 0. The number of hydrogen-bond donors (Lipinski definition) is 1. The fourth-order valence-corrected chi connectivity index (χ4v) is 3.48. The van der Waals surface area contributed by atoms with Crippen molar-refractivity contribution in [3.8, 4) is 0 Å². The van der Waals surface area contributed by atoms with E-state index in [2.05, 4.69) is 39.4 Å². The first-order chi connectivity index (χ1) is 14.2. The third kappa shape index (κ3) is 5.03. The highest BCUT2D eigenvalue weighted by atomic mass is 19.1. The van der Waals surface area contributed by atoms with Crippen molar-refractivity contribution < 1.29 is 13.6 Å². The minimum atomic E-state index is -0.291. The highest BCUT2D eigenvalue weighted by Crippen LogP contribution is 2.17.